The molecule has 0 atom stereocenters. The van der Waals surface area contributed by atoms with E-state index in [-0.39, 0.29) is 49.5 Å². The average molecular weight is 1190 g/mol. The largest absolute Gasteiger partial charge is 0.508 e. The Morgan fingerprint density at radius 1 is 0.525 bits per heavy atom. The van der Waals surface area contributed by atoms with Gasteiger partial charge in [-0.1, -0.05) is 88.0 Å². The van der Waals surface area contributed by atoms with Crippen LogP contribution in [-0.4, -0.2) is 86.1 Å². The monoisotopic (exact) mass is 1190 g/mol. The van der Waals surface area contributed by atoms with Crippen LogP contribution in [0.5, 0.6) is 34.5 Å². The van der Waals surface area contributed by atoms with Gasteiger partial charge in [-0.3, -0.25) is 9.59 Å². The molecule has 0 fully saturated rings. The zero-order valence-electron chi connectivity index (χ0n) is 35.4. The Morgan fingerprint density at radius 2 is 0.951 bits per heavy atom. The molecule has 0 aliphatic heterocycles. The van der Waals surface area contributed by atoms with Gasteiger partial charge >= 0.3 is 0 Å². The van der Waals surface area contributed by atoms with Gasteiger partial charge < -0.3 is 44.1 Å². The van der Waals surface area contributed by atoms with Gasteiger partial charge in [-0.15, -0.1) is 0 Å². The van der Waals surface area contributed by atoms with E-state index in [0.29, 0.717) is 24.6 Å². The second-order valence-corrected chi connectivity index (χ2v) is 16.5. The van der Waals surface area contributed by atoms with Gasteiger partial charge in [0, 0.05) is 105 Å². The number of carbonyl (C=O) groups is 2. The molecule has 0 saturated heterocycles. The van der Waals surface area contributed by atoms with E-state index in [1.807, 2.05) is 60.7 Å². The Morgan fingerprint density at radius 3 is 1.39 bits per heavy atom. The molecule has 0 spiro atoms. The molecule has 5 aromatic carbocycles. The maximum atomic E-state index is 11.0. The molecular formula is C45H54Br4N2O9Pd. The van der Waals surface area contributed by atoms with Crippen molar-refractivity contribution in [1.29, 1.82) is 0 Å². The predicted octanol–water partition coefficient (Wildman–Crippen LogP) is 11.2. The molecule has 16 heteroatoms. The SMILES string of the molecule is CC(=O)N(C)Cc1cccc(Br)c1.COCCCc1cc(O)cc(OC)c1.COc1cc(O)cc(Br)c1.COc1cccc(CN(C)C(C)=O)c1.Oc1cc(Br)cc(Br)c1.[Pd]. The molecule has 0 saturated carbocycles. The number of halogens is 4. The van der Waals surface area contributed by atoms with E-state index < -0.39 is 0 Å². The molecule has 11 nitrogen and oxygen atoms in total. The Hall–Kier alpha value is -3.62. The number of aromatic hydroxyl groups is 3. The van der Waals surface area contributed by atoms with Gasteiger partial charge in [0.25, 0.3) is 0 Å². The van der Waals surface area contributed by atoms with Gasteiger partial charge in [0.15, 0.2) is 0 Å². The van der Waals surface area contributed by atoms with Crippen LogP contribution in [-0.2, 0) is 54.3 Å². The Kier molecular flexibility index (Phi) is 30.2. The normalized spacial score (nSPS) is 9.57. The number of nitrogens with zero attached hydrogens (tertiary/aromatic N) is 2. The number of aryl methyl sites for hydroxylation is 1. The van der Waals surface area contributed by atoms with Crippen LogP contribution < -0.4 is 14.2 Å². The molecule has 336 valence electrons. The third-order valence-corrected chi connectivity index (χ3v) is 9.74. The summed E-state index contributed by atoms with van der Waals surface area (Å²) in [7, 11) is 10.0. The fourth-order valence-corrected chi connectivity index (χ4v) is 6.88. The first-order valence-corrected chi connectivity index (χ1v) is 21.4. The molecule has 0 aliphatic rings. The molecule has 0 aliphatic carbocycles. The number of rotatable bonds is 11. The van der Waals surface area contributed by atoms with Crippen LogP contribution in [0.4, 0.5) is 0 Å². The van der Waals surface area contributed by atoms with Crippen LogP contribution in [0.1, 0.15) is 37.0 Å². The number of phenols is 3. The molecule has 5 aromatic rings. The summed E-state index contributed by atoms with van der Waals surface area (Å²) < 4.78 is 23.6. The minimum Gasteiger partial charge on any atom is -0.508 e. The number of ether oxygens (including phenoxy) is 4. The third-order valence-electron chi connectivity index (χ3n) is 7.88. The molecule has 0 heterocycles. The maximum absolute atomic E-state index is 11.0. The van der Waals surface area contributed by atoms with Crippen LogP contribution in [0, 0.1) is 0 Å². The molecule has 0 bridgehead atoms. The van der Waals surface area contributed by atoms with Crippen LogP contribution in [0.15, 0.2) is 121 Å². The molecule has 3 N–H and O–H groups in total. The first kappa shape index (κ1) is 57.4. The van der Waals surface area contributed by atoms with Gasteiger partial charge in [0.05, 0.1) is 21.3 Å². The van der Waals surface area contributed by atoms with Crippen LogP contribution in [0.2, 0.25) is 0 Å². The Labute approximate surface area is 407 Å². The van der Waals surface area contributed by atoms with E-state index in [9.17, 15) is 14.7 Å². The van der Waals surface area contributed by atoms with Crippen molar-refractivity contribution in [3.8, 4) is 34.5 Å². The summed E-state index contributed by atoms with van der Waals surface area (Å²) in [6.45, 7) is 5.14. The molecule has 61 heavy (non-hydrogen) atoms. The summed E-state index contributed by atoms with van der Waals surface area (Å²) in [5.41, 5.74) is 3.27. The molecule has 0 radical (unpaired) electrons. The van der Waals surface area contributed by atoms with Crippen molar-refractivity contribution < 1.29 is 64.3 Å². The molecule has 2 amide bonds. The first-order chi connectivity index (χ1) is 28.4. The molecule has 0 aromatic heterocycles. The van der Waals surface area contributed by atoms with Crippen molar-refractivity contribution in [3.05, 3.63) is 138 Å². The molecule has 0 unspecified atom stereocenters. The van der Waals surface area contributed by atoms with Gasteiger partial charge in [-0.25, -0.2) is 0 Å². The fraction of sp³-hybridized carbons (Fsp3) is 0.289. The number of benzene rings is 5. The topological polar surface area (TPSA) is 138 Å². The smallest absolute Gasteiger partial charge is 0.219 e. The van der Waals surface area contributed by atoms with Gasteiger partial charge in [-0.2, -0.15) is 0 Å². The summed E-state index contributed by atoms with van der Waals surface area (Å²) in [6, 6.07) is 31.0. The minimum absolute atomic E-state index is 0. The second kappa shape index (κ2) is 32.1. The van der Waals surface area contributed by atoms with Gasteiger partial charge in [0.1, 0.15) is 34.5 Å². The summed E-state index contributed by atoms with van der Waals surface area (Å²) in [6.07, 6.45) is 1.84. The van der Waals surface area contributed by atoms with E-state index in [1.54, 1.807) is 109 Å². The van der Waals surface area contributed by atoms with Crippen molar-refractivity contribution in [2.75, 3.05) is 49.1 Å². The summed E-state index contributed by atoms with van der Waals surface area (Å²) >= 11 is 13.0. The second-order valence-electron chi connectivity index (χ2n) is 12.8. The number of carbonyl (C=O) groups excluding carboxylic acids is 2. The number of hydrogen-bond acceptors (Lipinski definition) is 9. The van der Waals surface area contributed by atoms with Crippen LogP contribution in [0.25, 0.3) is 0 Å². The molecule has 5 rings (SSSR count). The quantitative estimate of drug-likeness (QED) is 0.0872. The van der Waals surface area contributed by atoms with Crippen molar-refractivity contribution in [3.63, 3.8) is 0 Å². The zero-order valence-corrected chi connectivity index (χ0v) is 43.3. The van der Waals surface area contributed by atoms with Crippen molar-refractivity contribution in [2.24, 2.45) is 0 Å². The van der Waals surface area contributed by atoms with Crippen LogP contribution in [0.3, 0.4) is 0 Å². The maximum Gasteiger partial charge on any atom is 0.219 e. The number of amides is 2. The Balaban J connectivity index is 0.000000741. The van der Waals surface area contributed by atoms with Gasteiger partial charge in [0.2, 0.25) is 11.8 Å². The zero-order chi connectivity index (χ0) is 45.2. The van der Waals surface area contributed by atoms with E-state index in [2.05, 4.69) is 63.7 Å². The van der Waals surface area contributed by atoms with E-state index in [0.717, 1.165) is 59.8 Å². The van der Waals surface area contributed by atoms with Crippen molar-refractivity contribution in [1.82, 2.24) is 9.80 Å². The summed E-state index contributed by atoms with van der Waals surface area (Å²) in [5.74, 6) is 3.01. The number of phenolic OH excluding ortho intramolecular Hbond substituents is 3. The van der Waals surface area contributed by atoms with E-state index in [1.165, 1.54) is 0 Å². The average Bonchev–Trinajstić information content (AvgIpc) is 3.18. The molecular weight excluding hydrogens is 1140 g/mol. The van der Waals surface area contributed by atoms with Crippen LogP contribution >= 0.6 is 63.7 Å². The number of hydrogen-bond donors (Lipinski definition) is 3. The predicted molar refractivity (Wildman–Crippen MR) is 252 cm³/mol. The van der Waals surface area contributed by atoms with Crippen molar-refractivity contribution in [2.45, 2.75) is 39.8 Å². The first-order valence-electron chi connectivity index (χ1n) is 18.2. The fourth-order valence-electron chi connectivity index (χ4n) is 4.71. The summed E-state index contributed by atoms with van der Waals surface area (Å²) in [5, 5.41) is 27.3. The van der Waals surface area contributed by atoms with E-state index >= 15 is 0 Å². The third kappa shape index (κ3) is 26.5. The summed E-state index contributed by atoms with van der Waals surface area (Å²) in [4.78, 5) is 25.3. The Bertz CT molecular complexity index is 1990. The van der Waals surface area contributed by atoms with E-state index in [4.69, 9.17) is 29.2 Å². The standard InChI is InChI=1S/C11H15NO2.C11H16O3.C10H12BrNO.C7H7BrO2.C6H4Br2O.Pd/c1-9(13)12(2)8-10-5-4-6-11(7-10)14-3;1-13-5-3-4-9-6-10(12)8-11(7-9)14-2;1-8(13)12(2)7-9-4-3-5-10(11)6-9;1-10-7-3-5(8)2-6(9)4-7;7-4-1-5(8)3-6(9)2-4;/h4-7H,8H2,1-3H3;6-8,12H,3-5H2,1-2H3;3-6H,7H2,1-2H3;2-4,9H,1H3;1-3,9H;. The minimum atomic E-state index is 0. The van der Waals surface area contributed by atoms with Crippen molar-refractivity contribution >= 4 is 75.5 Å². The number of methoxy groups -OCH3 is 4. The van der Waals surface area contributed by atoms with Gasteiger partial charge in [-0.05, 0) is 96.3 Å².